The zero-order chi connectivity index (χ0) is 17.8. The third kappa shape index (κ3) is 4.20. The van der Waals surface area contributed by atoms with Gasteiger partial charge in [0.05, 0.1) is 11.3 Å². The molecule has 0 unspecified atom stereocenters. The van der Waals surface area contributed by atoms with Crippen molar-refractivity contribution < 1.29 is 14.3 Å². The molecule has 8 heteroatoms. The number of aromatic nitrogens is 4. The smallest absolute Gasteiger partial charge is 0.338 e. The van der Waals surface area contributed by atoms with Gasteiger partial charge in [0.1, 0.15) is 6.33 Å². The van der Waals surface area contributed by atoms with E-state index in [0.29, 0.717) is 17.4 Å². The molecule has 1 aliphatic rings. The monoisotopic (exact) mass is 343 g/mol. The number of piperidine rings is 1. The maximum Gasteiger partial charge on any atom is 0.338 e. The first-order chi connectivity index (χ1) is 12.0. The zero-order valence-electron chi connectivity index (χ0n) is 14.3. The van der Waals surface area contributed by atoms with Crippen molar-refractivity contribution in [3.8, 4) is 5.69 Å². The van der Waals surface area contributed by atoms with Crippen LogP contribution < -0.4 is 0 Å². The summed E-state index contributed by atoms with van der Waals surface area (Å²) in [7, 11) is 0. The van der Waals surface area contributed by atoms with E-state index in [2.05, 4.69) is 29.4 Å². The molecule has 0 aliphatic carbocycles. The van der Waals surface area contributed by atoms with E-state index < -0.39 is 5.97 Å². The van der Waals surface area contributed by atoms with Crippen molar-refractivity contribution in [3.63, 3.8) is 0 Å². The summed E-state index contributed by atoms with van der Waals surface area (Å²) in [6.07, 6.45) is 2.59. The van der Waals surface area contributed by atoms with E-state index in [0.717, 1.165) is 25.2 Å². The molecule has 0 saturated carbocycles. The van der Waals surface area contributed by atoms with Crippen LogP contribution in [0.25, 0.3) is 5.69 Å². The number of hydrogen-bond donors (Lipinski definition) is 0. The lowest BCUT2D eigenvalue weighted by Gasteiger charge is -2.34. The number of esters is 1. The van der Waals surface area contributed by atoms with Gasteiger partial charge in [0.15, 0.2) is 6.61 Å². The Balaban J connectivity index is 1.54. The molecule has 3 rings (SSSR count). The van der Waals surface area contributed by atoms with Crippen LogP contribution in [0.15, 0.2) is 30.6 Å². The van der Waals surface area contributed by atoms with E-state index >= 15 is 0 Å². The molecule has 2 atom stereocenters. The van der Waals surface area contributed by atoms with Crippen LogP contribution in [0.3, 0.4) is 0 Å². The molecule has 0 spiro atoms. The maximum atomic E-state index is 12.3. The highest BCUT2D eigenvalue weighted by Gasteiger charge is 2.26. The third-order valence-corrected chi connectivity index (χ3v) is 4.26. The highest BCUT2D eigenvalue weighted by Crippen LogP contribution is 2.21. The molecule has 0 bridgehead atoms. The van der Waals surface area contributed by atoms with Gasteiger partial charge in [0.25, 0.3) is 5.91 Å². The number of likely N-dealkylation sites (tertiary alicyclic amines) is 1. The minimum atomic E-state index is -0.519. The Kier molecular flexibility index (Phi) is 5.06. The van der Waals surface area contributed by atoms with E-state index in [1.54, 1.807) is 29.2 Å². The molecule has 1 aliphatic heterocycles. The summed E-state index contributed by atoms with van der Waals surface area (Å²) in [6, 6.07) is 6.66. The lowest BCUT2D eigenvalue weighted by Crippen LogP contribution is -2.44. The van der Waals surface area contributed by atoms with Crippen molar-refractivity contribution in [1.29, 1.82) is 0 Å². The fourth-order valence-electron chi connectivity index (χ4n) is 3.20. The molecule has 1 amide bonds. The lowest BCUT2D eigenvalue weighted by molar-refractivity contribution is -0.137. The van der Waals surface area contributed by atoms with Crippen molar-refractivity contribution in [2.45, 2.75) is 20.3 Å². The van der Waals surface area contributed by atoms with E-state index in [4.69, 9.17) is 4.74 Å². The number of carbonyl (C=O) groups excluding carboxylic acids is 2. The Morgan fingerprint density at radius 1 is 1.16 bits per heavy atom. The topological polar surface area (TPSA) is 90.2 Å². The van der Waals surface area contributed by atoms with E-state index in [1.807, 2.05) is 0 Å². The Morgan fingerprint density at radius 2 is 1.84 bits per heavy atom. The number of amides is 1. The number of hydrogen-bond acceptors (Lipinski definition) is 6. The summed E-state index contributed by atoms with van der Waals surface area (Å²) in [4.78, 5) is 26.2. The second-order valence-corrected chi connectivity index (χ2v) is 6.62. The van der Waals surface area contributed by atoms with Gasteiger partial charge >= 0.3 is 5.97 Å². The van der Waals surface area contributed by atoms with Crippen LogP contribution in [0.4, 0.5) is 0 Å². The minimum absolute atomic E-state index is 0.142. The predicted octanol–water partition coefficient (Wildman–Crippen LogP) is 1.32. The van der Waals surface area contributed by atoms with E-state index in [-0.39, 0.29) is 12.5 Å². The van der Waals surface area contributed by atoms with Gasteiger partial charge < -0.3 is 9.64 Å². The zero-order valence-corrected chi connectivity index (χ0v) is 14.3. The second-order valence-electron chi connectivity index (χ2n) is 6.62. The third-order valence-electron chi connectivity index (χ3n) is 4.26. The first-order valence-corrected chi connectivity index (χ1v) is 8.31. The van der Waals surface area contributed by atoms with Gasteiger partial charge in [-0.2, -0.15) is 0 Å². The molecule has 1 aromatic heterocycles. The van der Waals surface area contributed by atoms with Crippen LogP contribution in [-0.2, 0) is 9.53 Å². The molecule has 2 aromatic rings. The van der Waals surface area contributed by atoms with E-state index in [9.17, 15) is 9.59 Å². The van der Waals surface area contributed by atoms with Crippen LogP contribution in [0, 0.1) is 11.8 Å². The van der Waals surface area contributed by atoms with Crippen molar-refractivity contribution in [1.82, 2.24) is 25.1 Å². The molecule has 0 radical (unpaired) electrons. The fourth-order valence-corrected chi connectivity index (χ4v) is 3.20. The highest BCUT2D eigenvalue weighted by molar-refractivity contribution is 5.91. The lowest BCUT2D eigenvalue weighted by atomic mass is 9.92. The van der Waals surface area contributed by atoms with Crippen LogP contribution in [-0.4, -0.2) is 56.7 Å². The Morgan fingerprint density at radius 3 is 2.44 bits per heavy atom. The summed E-state index contributed by atoms with van der Waals surface area (Å²) in [5, 5.41) is 10.9. The Bertz CT molecular complexity index is 719. The van der Waals surface area contributed by atoms with Gasteiger partial charge in [-0.1, -0.05) is 13.8 Å². The molecular weight excluding hydrogens is 322 g/mol. The van der Waals surface area contributed by atoms with Crippen molar-refractivity contribution in [2.24, 2.45) is 11.8 Å². The molecule has 2 heterocycles. The molecule has 1 fully saturated rings. The molecule has 0 N–H and O–H groups in total. The van der Waals surface area contributed by atoms with E-state index in [1.165, 1.54) is 11.0 Å². The average molecular weight is 343 g/mol. The molecular formula is C17H21N5O3. The molecule has 8 nitrogen and oxygen atoms in total. The van der Waals surface area contributed by atoms with Gasteiger partial charge in [0.2, 0.25) is 0 Å². The SMILES string of the molecule is C[C@@H]1C[C@H](C)CN(C(=O)COC(=O)c2ccc(-n3cnnn3)cc2)C1. The minimum Gasteiger partial charge on any atom is -0.452 e. The molecule has 1 aromatic carbocycles. The predicted molar refractivity (Wildman–Crippen MR) is 89.0 cm³/mol. The summed E-state index contributed by atoms with van der Waals surface area (Å²) < 4.78 is 6.65. The van der Waals surface area contributed by atoms with Crippen LogP contribution in [0.5, 0.6) is 0 Å². The molecule has 1 saturated heterocycles. The standard InChI is InChI=1S/C17H21N5O3/c1-12-7-13(2)9-21(8-12)16(23)10-25-17(24)14-3-5-15(6-4-14)22-11-18-19-20-22/h3-6,11-13H,7-10H2,1-2H3/t12-,13+. The number of ether oxygens (including phenoxy) is 1. The summed E-state index contributed by atoms with van der Waals surface area (Å²) in [5.41, 5.74) is 1.11. The average Bonchev–Trinajstić information content (AvgIpc) is 3.13. The van der Waals surface area contributed by atoms with Crippen molar-refractivity contribution >= 4 is 11.9 Å². The summed E-state index contributed by atoms with van der Waals surface area (Å²) in [6.45, 7) is 5.48. The second kappa shape index (κ2) is 7.42. The number of nitrogens with zero attached hydrogens (tertiary/aromatic N) is 5. The summed E-state index contributed by atoms with van der Waals surface area (Å²) in [5.74, 6) is 0.288. The molecule has 132 valence electrons. The fraction of sp³-hybridized carbons (Fsp3) is 0.471. The van der Waals surface area contributed by atoms with Crippen molar-refractivity contribution in [3.05, 3.63) is 36.2 Å². The van der Waals surface area contributed by atoms with Crippen LogP contribution in [0.2, 0.25) is 0 Å². The highest BCUT2D eigenvalue weighted by atomic mass is 16.5. The normalized spacial score (nSPS) is 20.3. The first-order valence-electron chi connectivity index (χ1n) is 8.31. The van der Waals surface area contributed by atoms with Gasteiger partial charge in [-0.05, 0) is 52.9 Å². The Hall–Kier alpha value is -2.77. The summed E-state index contributed by atoms with van der Waals surface area (Å²) >= 11 is 0. The van der Waals surface area contributed by atoms with Gasteiger partial charge in [-0.15, -0.1) is 5.10 Å². The quantitative estimate of drug-likeness (QED) is 0.778. The van der Waals surface area contributed by atoms with Crippen LogP contribution >= 0.6 is 0 Å². The largest absolute Gasteiger partial charge is 0.452 e. The first kappa shape index (κ1) is 17.1. The Labute approximate surface area is 145 Å². The van der Waals surface area contributed by atoms with Crippen molar-refractivity contribution in [2.75, 3.05) is 19.7 Å². The van der Waals surface area contributed by atoms with Gasteiger partial charge in [-0.25, -0.2) is 9.48 Å². The molecule has 25 heavy (non-hydrogen) atoms. The maximum absolute atomic E-state index is 12.3. The number of benzene rings is 1. The van der Waals surface area contributed by atoms with Gasteiger partial charge in [0, 0.05) is 13.1 Å². The van der Waals surface area contributed by atoms with Crippen LogP contribution in [0.1, 0.15) is 30.6 Å². The number of rotatable bonds is 4. The number of carbonyl (C=O) groups is 2. The number of tetrazole rings is 1. The van der Waals surface area contributed by atoms with Gasteiger partial charge in [-0.3, -0.25) is 4.79 Å².